The van der Waals surface area contributed by atoms with E-state index in [0.29, 0.717) is 16.7 Å². The van der Waals surface area contributed by atoms with Crippen molar-refractivity contribution in [3.63, 3.8) is 0 Å². The highest BCUT2D eigenvalue weighted by atomic mass is 32.1. The number of aromatic nitrogens is 2. The van der Waals surface area contributed by atoms with Gasteiger partial charge < -0.3 is 4.74 Å². The number of carbonyl (C=O) groups is 1. The summed E-state index contributed by atoms with van der Waals surface area (Å²) in [6.45, 7) is 1.96. The summed E-state index contributed by atoms with van der Waals surface area (Å²) in [6, 6.07) is 17.1. The third-order valence-electron chi connectivity index (χ3n) is 3.10. The van der Waals surface area contributed by atoms with Crippen LogP contribution in [0.3, 0.4) is 0 Å². The Kier molecular flexibility index (Phi) is 4.63. The number of nitrogens with one attached hydrogen (secondary N) is 1. The molecule has 0 aliphatic rings. The Labute approximate surface area is 138 Å². The number of rotatable bonds is 5. The molecule has 1 N–H and O–H groups in total. The summed E-state index contributed by atoms with van der Waals surface area (Å²) < 4.78 is 9.65. The molecule has 6 heteroatoms. The van der Waals surface area contributed by atoms with Crippen LogP contribution in [0.15, 0.2) is 54.6 Å². The van der Waals surface area contributed by atoms with E-state index in [0.717, 1.165) is 17.1 Å². The predicted molar refractivity (Wildman–Crippen MR) is 90.6 cm³/mol. The first-order chi connectivity index (χ1) is 11.2. The third kappa shape index (κ3) is 4.14. The summed E-state index contributed by atoms with van der Waals surface area (Å²) in [5.41, 5.74) is 2.10. The molecule has 0 bridgehead atoms. The van der Waals surface area contributed by atoms with Crippen molar-refractivity contribution in [2.45, 2.75) is 6.92 Å². The minimum absolute atomic E-state index is 0.0660. The number of anilines is 1. The normalized spacial score (nSPS) is 10.3. The average molecular weight is 325 g/mol. The lowest BCUT2D eigenvalue weighted by Crippen LogP contribution is -2.20. The predicted octanol–water partition coefficient (Wildman–Crippen LogP) is 3.53. The first-order valence-electron chi connectivity index (χ1n) is 7.09. The molecule has 2 aromatic carbocycles. The molecule has 0 spiro atoms. The van der Waals surface area contributed by atoms with Crippen molar-refractivity contribution in [2.24, 2.45) is 0 Å². The lowest BCUT2D eigenvalue weighted by Gasteiger charge is -2.04. The van der Waals surface area contributed by atoms with Crippen LogP contribution in [0.2, 0.25) is 0 Å². The van der Waals surface area contributed by atoms with Gasteiger partial charge in [0.15, 0.2) is 12.4 Å². The molecule has 0 saturated carbocycles. The third-order valence-corrected chi connectivity index (χ3v) is 3.73. The first-order valence-corrected chi connectivity index (χ1v) is 7.86. The number of para-hydroxylation sites is 1. The second-order valence-corrected chi connectivity index (χ2v) is 5.69. The number of nitrogens with zero attached hydrogens (tertiary/aromatic N) is 2. The number of hydrogen-bond acceptors (Lipinski definition) is 5. The minimum Gasteiger partial charge on any atom is -0.484 e. The van der Waals surface area contributed by atoms with E-state index in [2.05, 4.69) is 14.7 Å². The molecule has 116 valence electrons. The molecule has 0 saturated heterocycles. The Morgan fingerprint density at radius 3 is 2.61 bits per heavy atom. The van der Waals surface area contributed by atoms with Gasteiger partial charge in [0.25, 0.3) is 5.91 Å². The topological polar surface area (TPSA) is 64.1 Å². The summed E-state index contributed by atoms with van der Waals surface area (Å²) >= 11 is 1.15. The van der Waals surface area contributed by atoms with E-state index >= 15 is 0 Å². The number of benzene rings is 2. The molecule has 0 radical (unpaired) electrons. The summed E-state index contributed by atoms with van der Waals surface area (Å²) in [5, 5.41) is 3.16. The number of aryl methyl sites for hydroxylation is 1. The van der Waals surface area contributed by atoms with Crippen molar-refractivity contribution in [1.82, 2.24) is 9.36 Å². The van der Waals surface area contributed by atoms with Crippen LogP contribution < -0.4 is 10.1 Å². The first kappa shape index (κ1) is 15.2. The number of amides is 1. The van der Waals surface area contributed by atoms with Crippen LogP contribution in [0.5, 0.6) is 5.75 Å². The van der Waals surface area contributed by atoms with Gasteiger partial charge in [0.05, 0.1) is 0 Å². The molecule has 1 amide bonds. The second-order valence-electron chi connectivity index (χ2n) is 4.94. The van der Waals surface area contributed by atoms with Gasteiger partial charge in [-0.25, -0.2) is 0 Å². The maximum atomic E-state index is 11.9. The maximum absolute atomic E-state index is 11.9. The zero-order chi connectivity index (χ0) is 16.1. The Morgan fingerprint density at radius 2 is 1.87 bits per heavy atom. The minimum atomic E-state index is -0.263. The van der Waals surface area contributed by atoms with E-state index in [1.165, 1.54) is 5.56 Å². The van der Waals surface area contributed by atoms with E-state index in [1.54, 1.807) is 12.1 Å². The summed E-state index contributed by atoms with van der Waals surface area (Å²) in [4.78, 5) is 16.2. The molecule has 23 heavy (non-hydrogen) atoms. The number of hydrogen-bond donors (Lipinski definition) is 1. The van der Waals surface area contributed by atoms with Crippen LogP contribution >= 0.6 is 11.5 Å². The summed E-state index contributed by atoms with van der Waals surface area (Å²) in [7, 11) is 0. The standard InChI is InChI=1S/C17H15N3O2S/c1-12-7-9-13(10-8-12)16-19-17(23-20-16)18-15(21)11-22-14-5-3-2-4-6-14/h2-10H,11H2,1H3,(H,18,19,20,21). The van der Waals surface area contributed by atoms with E-state index in [-0.39, 0.29) is 12.5 Å². The largest absolute Gasteiger partial charge is 0.484 e. The van der Waals surface area contributed by atoms with Crippen LogP contribution in [0.25, 0.3) is 11.4 Å². The van der Waals surface area contributed by atoms with Crippen LogP contribution in [0.4, 0.5) is 5.13 Å². The highest BCUT2D eigenvalue weighted by molar-refractivity contribution is 7.10. The Hall–Kier alpha value is -2.73. The molecule has 3 rings (SSSR count). The van der Waals surface area contributed by atoms with Crippen molar-refractivity contribution >= 4 is 22.6 Å². The molecule has 1 aromatic heterocycles. The highest BCUT2D eigenvalue weighted by Crippen LogP contribution is 2.21. The lowest BCUT2D eigenvalue weighted by molar-refractivity contribution is -0.118. The molecule has 5 nitrogen and oxygen atoms in total. The van der Waals surface area contributed by atoms with Gasteiger partial charge in [0, 0.05) is 17.1 Å². The summed E-state index contributed by atoms with van der Waals surface area (Å²) in [5.74, 6) is 0.995. The van der Waals surface area contributed by atoms with Crippen LogP contribution in [-0.4, -0.2) is 21.9 Å². The monoisotopic (exact) mass is 325 g/mol. The second kappa shape index (κ2) is 7.02. The van der Waals surface area contributed by atoms with Gasteiger partial charge in [0.2, 0.25) is 5.13 Å². The molecule has 1 heterocycles. The summed E-state index contributed by atoms with van der Waals surface area (Å²) in [6.07, 6.45) is 0. The zero-order valence-corrected chi connectivity index (χ0v) is 13.3. The van der Waals surface area contributed by atoms with Crippen molar-refractivity contribution in [1.29, 1.82) is 0 Å². The Morgan fingerprint density at radius 1 is 1.13 bits per heavy atom. The number of carbonyl (C=O) groups excluding carboxylic acids is 1. The van der Waals surface area contributed by atoms with Gasteiger partial charge in [-0.15, -0.1) is 0 Å². The van der Waals surface area contributed by atoms with Crippen LogP contribution in [0, 0.1) is 6.92 Å². The van der Waals surface area contributed by atoms with Gasteiger partial charge in [-0.05, 0) is 19.1 Å². The van der Waals surface area contributed by atoms with Crippen molar-refractivity contribution in [3.8, 4) is 17.1 Å². The van der Waals surface area contributed by atoms with Gasteiger partial charge >= 0.3 is 0 Å². The van der Waals surface area contributed by atoms with E-state index < -0.39 is 0 Å². The molecule has 3 aromatic rings. The molecule has 0 aliphatic heterocycles. The average Bonchev–Trinajstić information content (AvgIpc) is 3.03. The maximum Gasteiger partial charge on any atom is 0.264 e. The van der Waals surface area contributed by atoms with Crippen molar-refractivity contribution in [2.75, 3.05) is 11.9 Å². The van der Waals surface area contributed by atoms with Gasteiger partial charge in [-0.1, -0.05) is 48.0 Å². The fourth-order valence-electron chi connectivity index (χ4n) is 1.92. The molecular weight excluding hydrogens is 310 g/mol. The number of ether oxygens (including phenoxy) is 1. The van der Waals surface area contributed by atoms with E-state index in [1.807, 2.05) is 49.4 Å². The quantitative estimate of drug-likeness (QED) is 0.779. The van der Waals surface area contributed by atoms with Crippen LogP contribution in [-0.2, 0) is 4.79 Å². The molecule has 0 aliphatic carbocycles. The fraction of sp³-hybridized carbons (Fsp3) is 0.118. The Balaban J connectivity index is 1.58. The Bertz CT molecular complexity index is 785. The van der Waals surface area contributed by atoms with Crippen molar-refractivity contribution in [3.05, 3.63) is 60.2 Å². The molecule has 0 fully saturated rings. The smallest absolute Gasteiger partial charge is 0.264 e. The van der Waals surface area contributed by atoms with Gasteiger partial charge in [0.1, 0.15) is 5.75 Å². The zero-order valence-electron chi connectivity index (χ0n) is 12.5. The van der Waals surface area contributed by atoms with E-state index in [4.69, 9.17) is 4.74 Å². The molecular formula is C17H15N3O2S. The SMILES string of the molecule is Cc1ccc(-c2nsc(NC(=O)COc3ccccc3)n2)cc1. The fourth-order valence-corrected chi connectivity index (χ4v) is 2.52. The van der Waals surface area contributed by atoms with Gasteiger partial charge in [-0.3, -0.25) is 10.1 Å². The molecule has 0 atom stereocenters. The van der Waals surface area contributed by atoms with E-state index in [9.17, 15) is 4.79 Å². The van der Waals surface area contributed by atoms with Crippen LogP contribution in [0.1, 0.15) is 5.56 Å². The highest BCUT2D eigenvalue weighted by Gasteiger charge is 2.10. The lowest BCUT2D eigenvalue weighted by atomic mass is 10.1. The van der Waals surface area contributed by atoms with Crippen molar-refractivity contribution < 1.29 is 9.53 Å². The van der Waals surface area contributed by atoms with Gasteiger partial charge in [-0.2, -0.15) is 9.36 Å². The molecule has 0 unspecified atom stereocenters.